The van der Waals surface area contributed by atoms with Crippen LogP contribution in [0.4, 0.5) is 0 Å². The van der Waals surface area contributed by atoms with Crippen molar-refractivity contribution >= 4 is 128 Å². The maximum atomic E-state index is 2.50. The summed E-state index contributed by atoms with van der Waals surface area (Å²) in [5.74, 6) is 0. The second-order valence-electron chi connectivity index (χ2n) is 16.0. The summed E-state index contributed by atoms with van der Waals surface area (Å²) in [4.78, 5) is 0. The first-order valence-corrected chi connectivity index (χ1v) is 22.1. The molecule has 14 rings (SSSR count). The molecule has 4 aromatic heterocycles. The molecule has 4 heteroatoms. The van der Waals surface area contributed by atoms with Crippen LogP contribution in [0.25, 0.3) is 128 Å². The molecule has 14 aromatic rings. The van der Waals surface area contributed by atoms with Gasteiger partial charge in [-0.25, -0.2) is 0 Å². The molecule has 0 radical (unpaired) electrons. The molecular formula is C56H32N2S2. The van der Waals surface area contributed by atoms with E-state index in [-0.39, 0.29) is 0 Å². The van der Waals surface area contributed by atoms with Gasteiger partial charge < -0.3 is 9.13 Å². The Balaban J connectivity index is 1.09. The van der Waals surface area contributed by atoms with Gasteiger partial charge in [-0.05, 0) is 94.7 Å². The molecule has 2 nitrogen and oxygen atoms in total. The number of nitrogens with zero attached hydrogens (tertiary/aromatic N) is 2. The molecule has 0 aliphatic heterocycles. The molecule has 0 saturated heterocycles. The second kappa shape index (κ2) is 12.2. The van der Waals surface area contributed by atoms with E-state index in [0.29, 0.717) is 0 Å². The fraction of sp³-hybridized carbons (Fsp3) is 0. The zero-order valence-electron chi connectivity index (χ0n) is 32.2. The lowest BCUT2D eigenvalue weighted by Gasteiger charge is -2.12. The lowest BCUT2D eigenvalue weighted by atomic mass is 9.98. The number of thiophene rings is 2. The molecule has 60 heavy (non-hydrogen) atoms. The molecular weight excluding hydrogens is 765 g/mol. The first kappa shape index (κ1) is 32.7. The number of aromatic nitrogens is 2. The smallest absolute Gasteiger partial charge is 0.0548 e. The van der Waals surface area contributed by atoms with Crippen LogP contribution in [0.15, 0.2) is 194 Å². The Morgan fingerprint density at radius 2 is 0.667 bits per heavy atom. The number of fused-ring (bicyclic) bond motifs is 16. The summed E-state index contributed by atoms with van der Waals surface area (Å²) in [7, 11) is 0. The monoisotopic (exact) mass is 796 g/mol. The lowest BCUT2D eigenvalue weighted by molar-refractivity contribution is 1.20. The lowest BCUT2D eigenvalue weighted by Crippen LogP contribution is -1.95. The van der Waals surface area contributed by atoms with Gasteiger partial charge in [-0.1, -0.05) is 121 Å². The highest BCUT2D eigenvalue weighted by molar-refractivity contribution is 7.26. The van der Waals surface area contributed by atoms with E-state index in [9.17, 15) is 0 Å². The fourth-order valence-corrected chi connectivity index (χ4v) is 12.6. The first-order valence-electron chi connectivity index (χ1n) is 20.5. The van der Waals surface area contributed by atoms with E-state index in [1.165, 1.54) is 128 Å². The molecule has 0 aliphatic carbocycles. The molecule has 10 aromatic carbocycles. The van der Waals surface area contributed by atoms with Gasteiger partial charge >= 0.3 is 0 Å². The third-order valence-electron chi connectivity index (χ3n) is 12.9. The minimum atomic E-state index is 1.20. The third-order valence-corrected chi connectivity index (χ3v) is 15.2. The molecule has 0 bridgehead atoms. The van der Waals surface area contributed by atoms with Crippen molar-refractivity contribution in [2.24, 2.45) is 0 Å². The number of hydrogen-bond acceptors (Lipinski definition) is 2. The van der Waals surface area contributed by atoms with E-state index in [1.807, 2.05) is 22.7 Å². The van der Waals surface area contributed by atoms with Crippen molar-refractivity contribution in [3.63, 3.8) is 0 Å². The first-order chi connectivity index (χ1) is 29.8. The Labute approximate surface area is 352 Å². The predicted molar refractivity (Wildman–Crippen MR) is 261 cm³/mol. The van der Waals surface area contributed by atoms with Crippen LogP contribution < -0.4 is 0 Å². The largest absolute Gasteiger partial charge is 0.309 e. The Bertz CT molecular complexity index is 3860. The molecule has 0 N–H and O–H groups in total. The summed E-state index contributed by atoms with van der Waals surface area (Å²) in [6.07, 6.45) is 0. The zero-order valence-corrected chi connectivity index (χ0v) is 33.8. The SMILES string of the molecule is c1ccc2c(-n3c4ccc(-c5ccc6c(c5)c5c7c(ccc5n6-c5cccc6ccccc56)sc5ccccc57)cc4c4c5c(ccc43)sc3ccccc35)cccc2c1. The van der Waals surface area contributed by atoms with Crippen molar-refractivity contribution in [2.75, 3.05) is 0 Å². The van der Waals surface area contributed by atoms with Crippen molar-refractivity contribution in [3.05, 3.63) is 194 Å². The van der Waals surface area contributed by atoms with Gasteiger partial charge in [-0.3, -0.25) is 0 Å². The summed E-state index contributed by atoms with van der Waals surface area (Å²) in [6, 6.07) is 72.4. The zero-order chi connectivity index (χ0) is 39.1. The van der Waals surface area contributed by atoms with Crippen molar-refractivity contribution in [2.45, 2.75) is 0 Å². The molecule has 0 unspecified atom stereocenters. The highest BCUT2D eigenvalue weighted by Gasteiger charge is 2.22. The Morgan fingerprint density at radius 1 is 0.267 bits per heavy atom. The van der Waals surface area contributed by atoms with Gasteiger partial charge in [0.1, 0.15) is 0 Å². The minimum absolute atomic E-state index is 1.20. The van der Waals surface area contributed by atoms with Crippen LogP contribution in [0.3, 0.4) is 0 Å². The van der Waals surface area contributed by atoms with Crippen molar-refractivity contribution in [1.82, 2.24) is 9.13 Å². The Morgan fingerprint density at radius 3 is 1.15 bits per heavy atom. The summed E-state index contributed by atoms with van der Waals surface area (Å²) < 4.78 is 10.3. The average molecular weight is 797 g/mol. The van der Waals surface area contributed by atoms with Crippen LogP contribution in [0, 0.1) is 0 Å². The van der Waals surface area contributed by atoms with Gasteiger partial charge in [-0.15, -0.1) is 22.7 Å². The summed E-state index contributed by atoms with van der Waals surface area (Å²) in [5.41, 5.74) is 9.73. The van der Waals surface area contributed by atoms with Gasteiger partial charge in [-0.2, -0.15) is 0 Å². The topological polar surface area (TPSA) is 9.86 Å². The highest BCUT2D eigenvalue weighted by atomic mass is 32.1. The van der Waals surface area contributed by atoms with Crippen LogP contribution in [0.2, 0.25) is 0 Å². The molecule has 0 fully saturated rings. The third kappa shape index (κ3) is 4.41. The molecule has 4 heterocycles. The Kier molecular flexibility index (Phi) is 6.62. The highest BCUT2D eigenvalue weighted by Crippen LogP contribution is 2.47. The molecule has 0 atom stereocenters. The molecule has 0 spiro atoms. The van der Waals surface area contributed by atoms with Gasteiger partial charge in [0.15, 0.2) is 0 Å². The number of benzene rings is 10. The van der Waals surface area contributed by atoms with Gasteiger partial charge in [0.2, 0.25) is 0 Å². The van der Waals surface area contributed by atoms with Crippen LogP contribution in [0.1, 0.15) is 0 Å². The van der Waals surface area contributed by atoms with Crippen LogP contribution >= 0.6 is 22.7 Å². The van der Waals surface area contributed by atoms with E-state index in [4.69, 9.17) is 0 Å². The molecule has 0 amide bonds. The number of hydrogen-bond donors (Lipinski definition) is 0. The van der Waals surface area contributed by atoms with Crippen molar-refractivity contribution < 1.29 is 0 Å². The van der Waals surface area contributed by atoms with Crippen LogP contribution in [0.5, 0.6) is 0 Å². The van der Waals surface area contributed by atoms with Crippen LogP contribution in [-0.2, 0) is 0 Å². The van der Waals surface area contributed by atoms with Crippen LogP contribution in [-0.4, -0.2) is 9.13 Å². The van der Waals surface area contributed by atoms with E-state index in [0.717, 1.165) is 0 Å². The van der Waals surface area contributed by atoms with Gasteiger partial charge in [0, 0.05) is 72.7 Å². The predicted octanol–water partition coefficient (Wildman–Crippen LogP) is 16.6. The maximum Gasteiger partial charge on any atom is 0.0548 e. The van der Waals surface area contributed by atoms with Crippen molar-refractivity contribution in [1.29, 1.82) is 0 Å². The molecule has 0 saturated carbocycles. The van der Waals surface area contributed by atoms with Gasteiger partial charge in [0.25, 0.3) is 0 Å². The average Bonchev–Trinajstić information content (AvgIpc) is 4.05. The van der Waals surface area contributed by atoms with E-state index >= 15 is 0 Å². The van der Waals surface area contributed by atoms with E-state index < -0.39 is 0 Å². The quantitative estimate of drug-likeness (QED) is 0.169. The molecule has 0 aliphatic rings. The summed E-state index contributed by atoms with van der Waals surface area (Å²) in [5, 5.41) is 15.5. The van der Waals surface area contributed by atoms with E-state index in [1.54, 1.807) is 0 Å². The van der Waals surface area contributed by atoms with Crippen molar-refractivity contribution in [3.8, 4) is 22.5 Å². The minimum Gasteiger partial charge on any atom is -0.309 e. The fourth-order valence-electron chi connectivity index (χ4n) is 10.3. The number of rotatable bonds is 3. The normalized spacial score (nSPS) is 12.3. The standard InChI is InChI=1S/C56H32N2S2/c1-3-15-37-33(11-1)13-9-19-43(37)57-45-25-23-35(31-41(45)53-47(57)27-29-51-55(53)39-17-5-7-21-49(39)59-51)36-24-26-46-42(32-36)54-48(28-30-52-56(54)40-18-6-8-22-50(40)60-52)58(46)44-20-10-14-34-12-2-4-16-38(34)44/h1-32H. The summed E-state index contributed by atoms with van der Waals surface area (Å²) >= 11 is 3.78. The van der Waals surface area contributed by atoms with E-state index in [2.05, 4.69) is 203 Å². The summed E-state index contributed by atoms with van der Waals surface area (Å²) in [6.45, 7) is 0. The Hall–Kier alpha value is -7.24. The second-order valence-corrected chi connectivity index (χ2v) is 18.2. The van der Waals surface area contributed by atoms with Gasteiger partial charge in [0.05, 0.1) is 33.4 Å². The molecule has 278 valence electrons. The maximum absolute atomic E-state index is 2.50.